The van der Waals surface area contributed by atoms with Gasteiger partial charge in [-0.3, -0.25) is 9.69 Å². The number of rotatable bonds is 3. The van der Waals surface area contributed by atoms with Gasteiger partial charge in [0.2, 0.25) is 5.91 Å². The van der Waals surface area contributed by atoms with Gasteiger partial charge >= 0.3 is 0 Å². The average Bonchev–Trinajstić information content (AvgIpc) is 1.95. The van der Waals surface area contributed by atoms with E-state index >= 15 is 0 Å². The molecule has 70 valence electrons. The van der Waals surface area contributed by atoms with Crippen LogP contribution in [0.2, 0.25) is 0 Å². The fourth-order valence-electron chi connectivity index (χ4n) is 1.27. The van der Waals surface area contributed by atoms with Crippen molar-refractivity contribution in [3.63, 3.8) is 0 Å². The SMILES string of the molecule is CN(C)C(=O)CCN1CC(N)C1. The van der Waals surface area contributed by atoms with E-state index in [9.17, 15) is 4.79 Å². The fraction of sp³-hybridized carbons (Fsp3) is 0.875. The Morgan fingerprint density at radius 1 is 1.58 bits per heavy atom. The van der Waals surface area contributed by atoms with Crippen LogP contribution in [0.1, 0.15) is 6.42 Å². The van der Waals surface area contributed by atoms with Crippen molar-refractivity contribution in [2.45, 2.75) is 12.5 Å². The summed E-state index contributed by atoms with van der Waals surface area (Å²) in [6.45, 7) is 2.74. The Morgan fingerprint density at radius 2 is 2.17 bits per heavy atom. The van der Waals surface area contributed by atoms with Crippen LogP contribution < -0.4 is 5.73 Å². The third kappa shape index (κ3) is 2.46. The minimum absolute atomic E-state index is 0.190. The number of nitrogens with zero attached hydrogens (tertiary/aromatic N) is 2. The lowest BCUT2D eigenvalue weighted by molar-refractivity contribution is -0.129. The quantitative estimate of drug-likeness (QED) is 0.599. The van der Waals surface area contributed by atoms with E-state index in [0.29, 0.717) is 12.5 Å². The molecule has 4 heteroatoms. The van der Waals surface area contributed by atoms with Crippen LogP contribution in [0.25, 0.3) is 0 Å². The molecule has 1 rings (SSSR count). The Bertz CT molecular complexity index is 164. The van der Waals surface area contributed by atoms with Crippen molar-refractivity contribution in [2.75, 3.05) is 33.7 Å². The molecule has 0 aromatic carbocycles. The Labute approximate surface area is 73.3 Å². The summed E-state index contributed by atoms with van der Waals surface area (Å²) < 4.78 is 0. The molecule has 12 heavy (non-hydrogen) atoms. The molecule has 0 saturated carbocycles. The van der Waals surface area contributed by atoms with Crippen molar-refractivity contribution >= 4 is 5.91 Å². The van der Waals surface area contributed by atoms with Crippen molar-refractivity contribution < 1.29 is 4.79 Å². The Morgan fingerprint density at radius 3 is 2.58 bits per heavy atom. The van der Waals surface area contributed by atoms with Gasteiger partial charge in [0, 0.05) is 46.2 Å². The molecule has 0 aliphatic carbocycles. The zero-order valence-electron chi connectivity index (χ0n) is 7.79. The van der Waals surface area contributed by atoms with Gasteiger partial charge in [0.25, 0.3) is 0 Å². The van der Waals surface area contributed by atoms with Crippen molar-refractivity contribution in [3.05, 3.63) is 0 Å². The second-order valence-corrected chi connectivity index (χ2v) is 3.56. The standard InChI is InChI=1S/C8H17N3O/c1-10(2)8(12)3-4-11-5-7(9)6-11/h7H,3-6,9H2,1-2H3. The third-order valence-corrected chi connectivity index (χ3v) is 2.13. The topological polar surface area (TPSA) is 49.6 Å². The Hall–Kier alpha value is -0.610. The van der Waals surface area contributed by atoms with Crippen LogP contribution in [-0.4, -0.2) is 55.5 Å². The first-order chi connectivity index (χ1) is 5.59. The molecule has 2 N–H and O–H groups in total. The minimum Gasteiger partial charge on any atom is -0.349 e. The predicted molar refractivity (Wildman–Crippen MR) is 47.7 cm³/mol. The fourth-order valence-corrected chi connectivity index (χ4v) is 1.27. The monoisotopic (exact) mass is 171 g/mol. The highest BCUT2D eigenvalue weighted by atomic mass is 16.2. The molecule has 0 spiro atoms. The van der Waals surface area contributed by atoms with Gasteiger partial charge in [0.05, 0.1) is 0 Å². The Balaban J connectivity index is 2.06. The lowest BCUT2D eigenvalue weighted by Crippen LogP contribution is -2.56. The third-order valence-electron chi connectivity index (χ3n) is 2.13. The molecule has 1 aliphatic heterocycles. The second kappa shape index (κ2) is 3.87. The highest BCUT2D eigenvalue weighted by Crippen LogP contribution is 2.05. The van der Waals surface area contributed by atoms with E-state index in [1.165, 1.54) is 0 Å². The maximum atomic E-state index is 11.1. The summed E-state index contributed by atoms with van der Waals surface area (Å²) in [6.07, 6.45) is 0.611. The maximum Gasteiger partial charge on any atom is 0.223 e. The molecule has 0 aromatic heterocycles. The van der Waals surface area contributed by atoms with E-state index in [-0.39, 0.29) is 5.91 Å². The van der Waals surface area contributed by atoms with Gasteiger partial charge < -0.3 is 10.6 Å². The molecule has 0 radical (unpaired) electrons. The molecule has 0 atom stereocenters. The van der Waals surface area contributed by atoms with Crippen molar-refractivity contribution in [1.29, 1.82) is 0 Å². The molecule has 1 saturated heterocycles. The van der Waals surface area contributed by atoms with Gasteiger partial charge in [-0.05, 0) is 0 Å². The van der Waals surface area contributed by atoms with Gasteiger partial charge in [-0.15, -0.1) is 0 Å². The molecule has 0 aromatic rings. The zero-order chi connectivity index (χ0) is 9.14. The Kier molecular flexibility index (Phi) is 3.05. The number of nitrogens with two attached hydrogens (primary N) is 1. The van der Waals surface area contributed by atoms with Crippen LogP contribution in [0, 0.1) is 0 Å². The molecule has 0 unspecified atom stereocenters. The van der Waals surface area contributed by atoms with Crippen LogP contribution >= 0.6 is 0 Å². The predicted octanol–water partition coefficient (Wildman–Crippen LogP) is -0.892. The number of hydrogen-bond donors (Lipinski definition) is 1. The second-order valence-electron chi connectivity index (χ2n) is 3.56. The van der Waals surface area contributed by atoms with E-state index in [1.807, 2.05) is 0 Å². The number of hydrogen-bond acceptors (Lipinski definition) is 3. The normalized spacial score (nSPS) is 18.9. The van der Waals surface area contributed by atoms with Gasteiger partial charge in [-0.2, -0.15) is 0 Å². The maximum absolute atomic E-state index is 11.1. The average molecular weight is 171 g/mol. The highest BCUT2D eigenvalue weighted by molar-refractivity contribution is 5.75. The van der Waals surface area contributed by atoms with E-state index in [0.717, 1.165) is 19.6 Å². The summed E-state index contributed by atoms with van der Waals surface area (Å²) >= 11 is 0. The summed E-state index contributed by atoms with van der Waals surface area (Å²) in [4.78, 5) is 15.0. The molecule has 1 heterocycles. The summed E-state index contributed by atoms with van der Waals surface area (Å²) in [7, 11) is 3.56. The van der Waals surface area contributed by atoms with Crippen LogP contribution in [0.4, 0.5) is 0 Å². The van der Waals surface area contributed by atoms with Crippen LogP contribution in [0.5, 0.6) is 0 Å². The largest absolute Gasteiger partial charge is 0.349 e. The summed E-state index contributed by atoms with van der Waals surface area (Å²) in [6, 6.07) is 0.333. The van der Waals surface area contributed by atoms with E-state index in [2.05, 4.69) is 4.90 Å². The van der Waals surface area contributed by atoms with Crippen molar-refractivity contribution in [1.82, 2.24) is 9.80 Å². The molecule has 0 bridgehead atoms. The number of carbonyl (C=O) groups excluding carboxylic acids is 1. The van der Waals surface area contributed by atoms with Crippen LogP contribution in [0.15, 0.2) is 0 Å². The minimum atomic E-state index is 0.190. The van der Waals surface area contributed by atoms with E-state index in [4.69, 9.17) is 5.73 Å². The summed E-state index contributed by atoms with van der Waals surface area (Å²) in [5.41, 5.74) is 5.60. The molecular formula is C8H17N3O. The van der Waals surface area contributed by atoms with Gasteiger partial charge in [0.15, 0.2) is 0 Å². The van der Waals surface area contributed by atoms with E-state index in [1.54, 1.807) is 19.0 Å². The summed E-state index contributed by atoms with van der Waals surface area (Å²) in [5.74, 6) is 0.190. The lowest BCUT2D eigenvalue weighted by atomic mass is 10.1. The van der Waals surface area contributed by atoms with E-state index < -0.39 is 0 Å². The highest BCUT2D eigenvalue weighted by Gasteiger charge is 2.22. The molecular weight excluding hydrogens is 154 g/mol. The lowest BCUT2D eigenvalue weighted by Gasteiger charge is -2.36. The van der Waals surface area contributed by atoms with Gasteiger partial charge in [0.1, 0.15) is 0 Å². The van der Waals surface area contributed by atoms with Gasteiger partial charge in [-0.25, -0.2) is 0 Å². The molecule has 4 nitrogen and oxygen atoms in total. The number of carbonyl (C=O) groups is 1. The van der Waals surface area contributed by atoms with Crippen molar-refractivity contribution in [3.8, 4) is 0 Å². The zero-order valence-corrected chi connectivity index (χ0v) is 7.79. The first-order valence-corrected chi connectivity index (χ1v) is 4.27. The molecule has 1 amide bonds. The smallest absolute Gasteiger partial charge is 0.223 e. The number of amides is 1. The summed E-state index contributed by atoms with van der Waals surface area (Å²) in [5, 5.41) is 0. The first kappa shape index (κ1) is 9.48. The van der Waals surface area contributed by atoms with Gasteiger partial charge in [-0.1, -0.05) is 0 Å². The molecule has 1 fully saturated rings. The number of likely N-dealkylation sites (tertiary alicyclic amines) is 1. The van der Waals surface area contributed by atoms with Crippen LogP contribution in [0.3, 0.4) is 0 Å². The molecule has 1 aliphatic rings. The first-order valence-electron chi connectivity index (χ1n) is 4.27. The van der Waals surface area contributed by atoms with Crippen LogP contribution in [-0.2, 0) is 4.79 Å². The van der Waals surface area contributed by atoms with Crippen molar-refractivity contribution in [2.24, 2.45) is 5.73 Å².